The molecule has 0 amide bonds. The van der Waals surface area contributed by atoms with Crippen LogP contribution in [-0.4, -0.2) is 49.9 Å². The van der Waals surface area contributed by atoms with Crippen LogP contribution in [0.2, 0.25) is 0 Å². The average Bonchev–Trinajstić information content (AvgIpc) is 2.79. The van der Waals surface area contributed by atoms with Crippen LogP contribution < -0.4 is 15.0 Å². The predicted octanol–water partition coefficient (Wildman–Crippen LogP) is 3.88. The van der Waals surface area contributed by atoms with Gasteiger partial charge in [-0.3, -0.25) is 0 Å². The van der Waals surface area contributed by atoms with Gasteiger partial charge in [-0.1, -0.05) is 19.1 Å². The van der Waals surface area contributed by atoms with Crippen LogP contribution in [0.4, 0.5) is 11.6 Å². The zero-order valence-corrected chi connectivity index (χ0v) is 17.6. The molecule has 0 aliphatic carbocycles. The highest BCUT2D eigenvalue weighted by Crippen LogP contribution is 2.36. The van der Waals surface area contributed by atoms with E-state index in [4.69, 9.17) is 9.47 Å². The number of piperidine rings is 1. The summed E-state index contributed by atoms with van der Waals surface area (Å²) in [7, 11) is 1.70. The predicted molar refractivity (Wildman–Crippen MR) is 116 cm³/mol. The highest BCUT2D eigenvalue weighted by Gasteiger charge is 2.34. The average molecular weight is 397 g/mol. The molecular formula is C23H32N4O2. The molecule has 3 heterocycles. The van der Waals surface area contributed by atoms with Crippen molar-refractivity contribution in [2.45, 2.75) is 38.0 Å². The highest BCUT2D eigenvalue weighted by atomic mass is 16.5. The van der Waals surface area contributed by atoms with Gasteiger partial charge in [0.2, 0.25) is 0 Å². The summed E-state index contributed by atoms with van der Waals surface area (Å²) in [6.45, 7) is 6.87. The number of nitrogens with zero attached hydrogens (tertiary/aromatic N) is 3. The van der Waals surface area contributed by atoms with Gasteiger partial charge >= 0.3 is 0 Å². The van der Waals surface area contributed by atoms with Crippen molar-refractivity contribution < 1.29 is 9.47 Å². The minimum absolute atomic E-state index is 0.0370. The first-order valence-electron chi connectivity index (χ1n) is 10.7. The summed E-state index contributed by atoms with van der Waals surface area (Å²) in [4.78, 5) is 11.4. The topological polar surface area (TPSA) is 59.5 Å². The molecule has 2 aromatic rings. The smallest absolute Gasteiger partial charge is 0.134 e. The van der Waals surface area contributed by atoms with Crippen LogP contribution in [0.1, 0.15) is 38.2 Å². The van der Waals surface area contributed by atoms with E-state index in [9.17, 15) is 0 Å². The molecule has 29 heavy (non-hydrogen) atoms. The molecule has 0 radical (unpaired) electrons. The number of hydrogen-bond acceptors (Lipinski definition) is 6. The maximum absolute atomic E-state index is 5.67. The molecule has 0 saturated carbocycles. The molecular weight excluding hydrogens is 364 g/mol. The van der Waals surface area contributed by atoms with Gasteiger partial charge in [-0.2, -0.15) is 0 Å². The van der Waals surface area contributed by atoms with Crippen LogP contribution in [0.3, 0.4) is 0 Å². The monoisotopic (exact) mass is 396 g/mol. The number of methoxy groups -OCH3 is 1. The van der Waals surface area contributed by atoms with Crippen molar-refractivity contribution in [3.8, 4) is 5.75 Å². The molecule has 1 unspecified atom stereocenters. The molecule has 2 aliphatic rings. The third-order valence-electron chi connectivity index (χ3n) is 6.39. The van der Waals surface area contributed by atoms with Crippen molar-refractivity contribution in [2.24, 2.45) is 5.92 Å². The maximum Gasteiger partial charge on any atom is 0.134 e. The van der Waals surface area contributed by atoms with Gasteiger partial charge in [0.15, 0.2) is 0 Å². The van der Waals surface area contributed by atoms with E-state index in [-0.39, 0.29) is 5.41 Å². The Labute approximate surface area is 173 Å². The second kappa shape index (κ2) is 8.99. The molecule has 0 spiro atoms. The van der Waals surface area contributed by atoms with E-state index in [1.54, 1.807) is 13.4 Å². The van der Waals surface area contributed by atoms with Gasteiger partial charge in [0.1, 0.15) is 23.7 Å². The van der Waals surface area contributed by atoms with Gasteiger partial charge in [0.05, 0.1) is 7.11 Å². The second-order valence-corrected chi connectivity index (χ2v) is 8.43. The van der Waals surface area contributed by atoms with Gasteiger partial charge in [-0.25, -0.2) is 9.97 Å². The molecule has 4 rings (SSSR count). The van der Waals surface area contributed by atoms with Gasteiger partial charge in [-0.15, -0.1) is 0 Å². The molecule has 0 bridgehead atoms. The molecule has 1 aromatic heterocycles. The zero-order valence-electron chi connectivity index (χ0n) is 17.6. The van der Waals surface area contributed by atoms with Crippen molar-refractivity contribution in [3.63, 3.8) is 0 Å². The Bertz CT molecular complexity index is 790. The van der Waals surface area contributed by atoms with Crippen molar-refractivity contribution in [2.75, 3.05) is 50.2 Å². The van der Waals surface area contributed by atoms with Crippen LogP contribution in [0.5, 0.6) is 5.75 Å². The number of nitrogens with one attached hydrogen (secondary N) is 1. The lowest BCUT2D eigenvalue weighted by atomic mass is 9.74. The summed E-state index contributed by atoms with van der Waals surface area (Å²) in [5, 5.41) is 3.61. The Hall–Kier alpha value is -2.34. The molecule has 1 aromatic carbocycles. The fourth-order valence-electron chi connectivity index (χ4n) is 4.55. The Morgan fingerprint density at radius 3 is 2.72 bits per heavy atom. The molecule has 2 saturated heterocycles. The maximum atomic E-state index is 5.67. The van der Waals surface area contributed by atoms with Crippen LogP contribution >= 0.6 is 0 Å². The highest BCUT2D eigenvalue weighted by molar-refractivity contribution is 5.49. The summed E-state index contributed by atoms with van der Waals surface area (Å²) in [5.41, 5.74) is 1.36. The van der Waals surface area contributed by atoms with Gasteiger partial charge < -0.3 is 19.7 Å². The lowest BCUT2D eigenvalue weighted by Gasteiger charge is -2.38. The van der Waals surface area contributed by atoms with E-state index >= 15 is 0 Å². The number of benzene rings is 1. The molecule has 6 heteroatoms. The van der Waals surface area contributed by atoms with Gasteiger partial charge in [-0.05, 0) is 49.3 Å². The second-order valence-electron chi connectivity index (χ2n) is 8.43. The fraction of sp³-hybridized carbons (Fsp3) is 0.565. The number of aromatic nitrogens is 2. The molecule has 2 fully saturated rings. The lowest BCUT2D eigenvalue weighted by Crippen LogP contribution is -2.40. The number of rotatable bonds is 6. The minimum Gasteiger partial charge on any atom is -0.497 e. The normalized spacial score (nSPS) is 21.6. The summed E-state index contributed by atoms with van der Waals surface area (Å²) < 4.78 is 11.0. The summed E-state index contributed by atoms with van der Waals surface area (Å²) >= 11 is 0. The summed E-state index contributed by atoms with van der Waals surface area (Å²) in [6.07, 6.45) is 6.20. The first kappa shape index (κ1) is 20.0. The Balaban J connectivity index is 1.49. The fourth-order valence-corrected chi connectivity index (χ4v) is 4.55. The van der Waals surface area contributed by atoms with E-state index < -0.39 is 0 Å². The SMILES string of the molecule is COc1ccc(C2(CNc3cc(N4CCCC(C)C4)ncn3)CCOCC2)cc1. The minimum atomic E-state index is 0.0370. The Kier molecular flexibility index (Phi) is 6.19. The zero-order chi connectivity index (χ0) is 20.1. The van der Waals surface area contributed by atoms with Crippen LogP contribution in [0.25, 0.3) is 0 Å². The molecule has 1 N–H and O–H groups in total. The third kappa shape index (κ3) is 4.64. The molecule has 1 atom stereocenters. The van der Waals surface area contributed by atoms with Crippen molar-refractivity contribution in [3.05, 3.63) is 42.2 Å². The first-order valence-corrected chi connectivity index (χ1v) is 10.7. The van der Waals surface area contributed by atoms with Crippen molar-refractivity contribution in [1.82, 2.24) is 9.97 Å². The molecule has 156 valence electrons. The lowest BCUT2D eigenvalue weighted by molar-refractivity contribution is 0.0543. The largest absolute Gasteiger partial charge is 0.497 e. The van der Waals surface area contributed by atoms with E-state index in [2.05, 4.69) is 45.3 Å². The summed E-state index contributed by atoms with van der Waals surface area (Å²) in [6, 6.07) is 10.6. The quantitative estimate of drug-likeness (QED) is 0.800. The van der Waals surface area contributed by atoms with Gasteiger partial charge in [0.25, 0.3) is 0 Å². The Morgan fingerprint density at radius 1 is 1.21 bits per heavy atom. The van der Waals surface area contributed by atoms with E-state index in [1.165, 1.54) is 18.4 Å². The van der Waals surface area contributed by atoms with Crippen LogP contribution in [0.15, 0.2) is 36.7 Å². The van der Waals surface area contributed by atoms with E-state index in [0.717, 1.165) is 69.0 Å². The van der Waals surface area contributed by atoms with E-state index in [0.29, 0.717) is 0 Å². The third-order valence-corrected chi connectivity index (χ3v) is 6.39. The molecule has 6 nitrogen and oxygen atoms in total. The summed E-state index contributed by atoms with van der Waals surface area (Å²) in [5.74, 6) is 3.53. The standard InChI is InChI=1S/C23H32N4O2/c1-18-4-3-11-27(15-18)22-14-21(25-17-26-22)24-16-23(9-12-29-13-10-23)19-5-7-20(28-2)8-6-19/h5-8,14,17-18H,3-4,9-13,15-16H2,1-2H3,(H,24,25,26). The first-order chi connectivity index (χ1) is 14.2. The number of anilines is 2. The van der Waals surface area contributed by atoms with Crippen LogP contribution in [-0.2, 0) is 10.2 Å². The van der Waals surface area contributed by atoms with Crippen molar-refractivity contribution in [1.29, 1.82) is 0 Å². The van der Waals surface area contributed by atoms with Crippen molar-refractivity contribution >= 4 is 11.6 Å². The van der Waals surface area contributed by atoms with E-state index in [1.807, 2.05) is 12.1 Å². The van der Waals surface area contributed by atoms with Crippen LogP contribution in [0, 0.1) is 5.92 Å². The van der Waals surface area contributed by atoms with Gasteiger partial charge in [0, 0.05) is 44.3 Å². The number of ether oxygens (including phenoxy) is 2. The number of hydrogen-bond donors (Lipinski definition) is 1. The Morgan fingerprint density at radius 2 is 2.00 bits per heavy atom. The molecule has 2 aliphatic heterocycles.